The largest absolute Gasteiger partial charge is 0.491 e. The summed E-state index contributed by atoms with van der Waals surface area (Å²) in [5, 5.41) is 6.39. The number of hydrogen-bond acceptors (Lipinski definition) is 4. The smallest absolute Gasteiger partial charge is 0.243 e. The number of rotatable bonds is 9. The van der Waals surface area contributed by atoms with E-state index in [1.54, 1.807) is 18.2 Å². The third-order valence-electron chi connectivity index (χ3n) is 3.15. The van der Waals surface area contributed by atoms with E-state index in [2.05, 4.69) is 10.6 Å². The molecular formula is C18H21ClN2O3. The quantitative estimate of drug-likeness (QED) is 0.677. The van der Waals surface area contributed by atoms with Gasteiger partial charge in [0.1, 0.15) is 12.4 Å². The van der Waals surface area contributed by atoms with Crippen LogP contribution < -0.4 is 15.4 Å². The summed E-state index contributed by atoms with van der Waals surface area (Å²) in [5.74, 6) is 0.585. The molecule has 0 aliphatic heterocycles. The van der Waals surface area contributed by atoms with Crippen LogP contribution in [-0.2, 0) is 9.53 Å². The van der Waals surface area contributed by atoms with Crippen molar-refractivity contribution >= 4 is 28.9 Å². The lowest BCUT2D eigenvalue weighted by atomic mass is 10.3. The molecule has 0 aliphatic carbocycles. The zero-order valence-corrected chi connectivity index (χ0v) is 14.3. The van der Waals surface area contributed by atoms with Crippen molar-refractivity contribution in [2.75, 3.05) is 37.0 Å². The molecule has 0 aromatic heterocycles. The molecule has 0 unspecified atom stereocenters. The summed E-state index contributed by atoms with van der Waals surface area (Å²) in [5.41, 5.74) is 1.44. The first kappa shape index (κ1) is 18.1. The Morgan fingerprint density at radius 1 is 1.08 bits per heavy atom. The minimum Gasteiger partial charge on any atom is -0.491 e. The molecule has 128 valence electrons. The molecule has 2 aromatic rings. The van der Waals surface area contributed by atoms with Crippen LogP contribution in [0.2, 0.25) is 5.02 Å². The molecule has 0 radical (unpaired) electrons. The Kier molecular flexibility index (Phi) is 7.39. The third-order valence-corrected chi connectivity index (χ3v) is 3.48. The van der Waals surface area contributed by atoms with Crippen LogP contribution in [0.4, 0.5) is 11.4 Å². The maximum absolute atomic E-state index is 12.0. The summed E-state index contributed by atoms with van der Waals surface area (Å²) in [4.78, 5) is 12.0. The van der Waals surface area contributed by atoms with Gasteiger partial charge in [-0.2, -0.15) is 0 Å². The van der Waals surface area contributed by atoms with Crippen LogP contribution in [-0.4, -0.2) is 32.3 Å². The number of nitrogens with one attached hydrogen (secondary N) is 2. The number of hydrogen-bond donors (Lipinski definition) is 2. The van der Waals surface area contributed by atoms with Gasteiger partial charge < -0.3 is 20.1 Å². The summed E-state index contributed by atoms with van der Waals surface area (Å²) < 4.78 is 10.7. The van der Waals surface area contributed by atoms with E-state index in [0.29, 0.717) is 30.5 Å². The first-order valence-electron chi connectivity index (χ1n) is 7.78. The summed E-state index contributed by atoms with van der Waals surface area (Å²) in [6.45, 7) is 3.81. The third kappa shape index (κ3) is 6.10. The van der Waals surface area contributed by atoms with E-state index in [4.69, 9.17) is 21.1 Å². The molecule has 0 fully saturated rings. The molecule has 0 spiro atoms. The Labute approximate surface area is 146 Å². The predicted molar refractivity (Wildman–Crippen MR) is 97.0 cm³/mol. The van der Waals surface area contributed by atoms with Gasteiger partial charge in [-0.05, 0) is 43.3 Å². The number of halogens is 1. The average molecular weight is 349 g/mol. The van der Waals surface area contributed by atoms with Crippen molar-refractivity contribution in [3.8, 4) is 5.75 Å². The lowest BCUT2D eigenvalue weighted by molar-refractivity contribution is -0.114. The molecule has 0 heterocycles. The monoisotopic (exact) mass is 348 g/mol. The minimum atomic E-state index is -0.153. The van der Waals surface area contributed by atoms with Crippen molar-refractivity contribution in [1.29, 1.82) is 0 Å². The summed E-state index contributed by atoms with van der Waals surface area (Å²) in [6, 6.07) is 14.5. The van der Waals surface area contributed by atoms with Crippen molar-refractivity contribution < 1.29 is 14.3 Å². The van der Waals surface area contributed by atoms with E-state index in [-0.39, 0.29) is 12.5 Å². The predicted octanol–water partition coefficient (Wildman–Crippen LogP) is 3.81. The Bertz CT molecular complexity index is 647. The van der Waals surface area contributed by atoms with Crippen molar-refractivity contribution in [3.63, 3.8) is 0 Å². The molecule has 6 heteroatoms. The summed E-state index contributed by atoms with van der Waals surface area (Å²) in [6.07, 6.45) is 0. The lowest BCUT2D eigenvalue weighted by Crippen LogP contribution is -2.21. The highest BCUT2D eigenvalue weighted by Crippen LogP contribution is 2.20. The zero-order valence-electron chi connectivity index (χ0n) is 13.5. The van der Waals surface area contributed by atoms with Gasteiger partial charge in [0.05, 0.1) is 23.9 Å². The molecule has 2 N–H and O–H groups in total. The molecule has 2 aromatic carbocycles. The summed E-state index contributed by atoms with van der Waals surface area (Å²) in [7, 11) is 0. The van der Waals surface area contributed by atoms with Crippen molar-refractivity contribution in [3.05, 3.63) is 53.6 Å². The van der Waals surface area contributed by atoms with Crippen molar-refractivity contribution in [1.82, 2.24) is 0 Å². The fraction of sp³-hybridized carbons (Fsp3) is 0.278. The molecule has 0 atom stereocenters. The first-order chi connectivity index (χ1) is 11.7. The maximum atomic E-state index is 12.0. The van der Waals surface area contributed by atoms with Crippen LogP contribution in [0, 0.1) is 0 Å². The second kappa shape index (κ2) is 9.80. The van der Waals surface area contributed by atoms with E-state index in [1.165, 1.54) is 0 Å². The number of carbonyl (C=O) groups is 1. The number of carbonyl (C=O) groups excluding carboxylic acids is 1. The van der Waals surface area contributed by atoms with Gasteiger partial charge in [0.25, 0.3) is 0 Å². The summed E-state index contributed by atoms with van der Waals surface area (Å²) >= 11 is 6.03. The zero-order chi connectivity index (χ0) is 17.2. The number of amides is 1. The highest BCUT2D eigenvalue weighted by Gasteiger charge is 2.04. The van der Waals surface area contributed by atoms with Gasteiger partial charge in [-0.1, -0.05) is 23.7 Å². The molecule has 0 aliphatic rings. The number of benzene rings is 2. The van der Waals surface area contributed by atoms with Crippen LogP contribution in [0.25, 0.3) is 0 Å². The fourth-order valence-electron chi connectivity index (χ4n) is 1.98. The SMILES string of the molecule is CCOCCOc1ccc(NC(=O)CNc2ccccc2Cl)cc1. The van der Waals surface area contributed by atoms with Gasteiger partial charge in [0.15, 0.2) is 0 Å². The molecule has 2 rings (SSSR count). The second-order valence-electron chi connectivity index (χ2n) is 4.95. The Balaban J connectivity index is 1.76. The average Bonchev–Trinajstić information content (AvgIpc) is 2.59. The molecular weight excluding hydrogens is 328 g/mol. The molecule has 1 amide bonds. The van der Waals surface area contributed by atoms with Gasteiger partial charge in [-0.25, -0.2) is 0 Å². The first-order valence-corrected chi connectivity index (χ1v) is 8.15. The normalized spacial score (nSPS) is 10.2. The molecule has 5 nitrogen and oxygen atoms in total. The standard InChI is InChI=1S/C18H21ClN2O3/c1-2-23-11-12-24-15-9-7-14(8-10-15)21-18(22)13-20-17-6-4-3-5-16(17)19/h3-10,20H,2,11-13H2,1H3,(H,21,22). The minimum absolute atomic E-state index is 0.135. The van der Waals surface area contributed by atoms with Gasteiger partial charge >= 0.3 is 0 Å². The molecule has 0 saturated heterocycles. The van der Waals surface area contributed by atoms with E-state index in [9.17, 15) is 4.79 Å². The van der Waals surface area contributed by atoms with Gasteiger partial charge in [0.2, 0.25) is 5.91 Å². The molecule has 24 heavy (non-hydrogen) atoms. The highest BCUT2D eigenvalue weighted by atomic mass is 35.5. The van der Waals surface area contributed by atoms with Gasteiger partial charge in [0, 0.05) is 12.3 Å². The van der Waals surface area contributed by atoms with E-state index >= 15 is 0 Å². The Morgan fingerprint density at radius 3 is 2.54 bits per heavy atom. The van der Waals surface area contributed by atoms with Crippen LogP contribution in [0.3, 0.4) is 0 Å². The Hall–Kier alpha value is -2.24. The highest BCUT2D eigenvalue weighted by molar-refractivity contribution is 6.33. The number of para-hydroxylation sites is 1. The molecule has 0 saturated carbocycles. The van der Waals surface area contributed by atoms with E-state index in [0.717, 1.165) is 11.4 Å². The van der Waals surface area contributed by atoms with Crippen molar-refractivity contribution in [2.24, 2.45) is 0 Å². The Morgan fingerprint density at radius 2 is 1.83 bits per heavy atom. The fourth-order valence-corrected chi connectivity index (χ4v) is 2.19. The van der Waals surface area contributed by atoms with Crippen LogP contribution >= 0.6 is 11.6 Å². The van der Waals surface area contributed by atoms with Crippen LogP contribution in [0.1, 0.15) is 6.92 Å². The van der Waals surface area contributed by atoms with E-state index < -0.39 is 0 Å². The topological polar surface area (TPSA) is 59.6 Å². The maximum Gasteiger partial charge on any atom is 0.243 e. The van der Waals surface area contributed by atoms with Gasteiger partial charge in [-0.3, -0.25) is 4.79 Å². The van der Waals surface area contributed by atoms with Gasteiger partial charge in [-0.15, -0.1) is 0 Å². The lowest BCUT2D eigenvalue weighted by Gasteiger charge is -2.10. The van der Waals surface area contributed by atoms with Crippen molar-refractivity contribution in [2.45, 2.75) is 6.92 Å². The second-order valence-corrected chi connectivity index (χ2v) is 5.36. The number of ether oxygens (including phenoxy) is 2. The van der Waals surface area contributed by atoms with E-state index in [1.807, 2.05) is 37.3 Å². The molecule has 0 bridgehead atoms. The van der Waals surface area contributed by atoms with Crippen LogP contribution in [0.5, 0.6) is 5.75 Å². The number of anilines is 2. The van der Waals surface area contributed by atoms with Crippen LogP contribution in [0.15, 0.2) is 48.5 Å².